The second-order valence-corrected chi connectivity index (χ2v) is 12.5. The molecule has 0 spiro atoms. The van der Waals surface area contributed by atoms with Gasteiger partial charge in [0.05, 0.1) is 39.0 Å². The Bertz CT molecular complexity index is 1470. The number of carbonyl (C=O) groups excluding carboxylic acids is 2. The number of piperidine rings is 1. The number of anilines is 1. The van der Waals surface area contributed by atoms with Gasteiger partial charge >= 0.3 is 0 Å². The number of hydrogen-bond acceptors (Lipinski definition) is 8. The summed E-state index contributed by atoms with van der Waals surface area (Å²) in [6.07, 6.45) is 6.35. The summed E-state index contributed by atoms with van der Waals surface area (Å²) < 4.78 is 33.4. The van der Waals surface area contributed by atoms with Crippen LogP contribution < -0.4 is 26.4 Å². The maximum atomic E-state index is 13.5. The first-order valence-corrected chi connectivity index (χ1v) is 16.0. The Kier molecular flexibility index (Phi) is 11.2. The van der Waals surface area contributed by atoms with Crippen LogP contribution >= 0.6 is 23.2 Å². The third-order valence-electron chi connectivity index (χ3n) is 6.76. The first-order chi connectivity index (χ1) is 20.2. The number of amides is 2. The summed E-state index contributed by atoms with van der Waals surface area (Å²) >= 11 is 12.4. The number of nitrogens with one attached hydrogen (secondary N) is 3. The van der Waals surface area contributed by atoms with E-state index in [-0.39, 0.29) is 37.9 Å². The first kappa shape index (κ1) is 31.8. The zero-order chi connectivity index (χ0) is 30.1. The number of carbonyl (C=O) groups is 2. The van der Waals surface area contributed by atoms with Crippen LogP contribution in [-0.4, -0.2) is 61.7 Å². The fraction of sp³-hybridized carbons (Fsp3) is 0.393. The number of nitrogens with zero attached hydrogens (tertiary/aromatic N) is 2. The highest BCUT2D eigenvalue weighted by atomic mass is 35.5. The van der Waals surface area contributed by atoms with E-state index in [0.717, 1.165) is 45.0 Å². The fourth-order valence-corrected chi connectivity index (χ4v) is 6.16. The van der Waals surface area contributed by atoms with Gasteiger partial charge in [0.15, 0.2) is 5.69 Å². The number of nitrogens with two attached hydrogens (primary N) is 1. The van der Waals surface area contributed by atoms with Crippen LogP contribution in [-0.2, 0) is 10.0 Å². The lowest BCUT2D eigenvalue weighted by Crippen LogP contribution is -2.43. The molecule has 1 aliphatic rings. The van der Waals surface area contributed by atoms with Gasteiger partial charge in [0.1, 0.15) is 5.75 Å². The average Bonchev–Trinajstić information content (AvgIpc) is 3.40. The van der Waals surface area contributed by atoms with Gasteiger partial charge in [0.25, 0.3) is 21.8 Å². The summed E-state index contributed by atoms with van der Waals surface area (Å²) in [4.78, 5) is 26.3. The molecule has 1 fully saturated rings. The van der Waals surface area contributed by atoms with Gasteiger partial charge in [-0.2, -0.15) is 17.6 Å². The Morgan fingerprint density at radius 2 is 1.67 bits per heavy atom. The Labute approximate surface area is 255 Å². The van der Waals surface area contributed by atoms with E-state index in [1.807, 2.05) is 0 Å². The predicted octanol–water partition coefficient (Wildman–Crippen LogP) is 4.06. The molecule has 2 heterocycles. The number of ether oxygens (including phenoxy) is 1. The van der Waals surface area contributed by atoms with E-state index in [2.05, 4.69) is 21.0 Å². The second kappa shape index (κ2) is 14.8. The molecule has 0 atom stereocenters. The molecule has 14 heteroatoms. The van der Waals surface area contributed by atoms with Crippen molar-refractivity contribution in [3.63, 3.8) is 0 Å². The monoisotopic (exact) mass is 636 g/mol. The fourth-order valence-electron chi connectivity index (χ4n) is 4.46. The van der Waals surface area contributed by atoms with Crippen molar-refractivity contribution in [3.05, 3.63) is 70.0 Å². The van der Waals surface area contributed by atoms with E-state index in [1.54, 1.807) is 18.2 Å². The summed E-state index contributed by atoms with van der Waals surface area (Å²) in [5.74, 6) is -0.811. The molecule has 0 unspecified atom stereocenters. The normalized spacial score (nSPS) is 14.0. The lowest BCUT2D eigenvalue weighted by Gasteiger charge is -2.23. The van der Waals surface area contributed by atoms with Crippen molar-refractivity contribution in [1.29, 1.82) is 0 Å². The molecule has 0 saturated carbocycles. The summed E-state index contributed by atoms with van der Waals surface area (Å²) in [6, 6.07) is 10.4. The molecule has 226 valence electrons. The van der Waals surface area contributed by atoms with Crippen molar-refractivity contribution >= 4 is 50.7 Å². The van der Waals surface area contributed by atoms with Crippen LogP contribution in [0.5, 0.6) is 5.75 Å². The van der Waals surface area contributed by atoms with Crippen LogP contribution in [0.3, 0.4) is 0 Å². The predicted molar refractivity (Wildman–Crippen MR) is 162 cm³/mol. The van der Waals surface area contributed by atoms with E-state index in [1.165, 1.54) is 24.3 Å². The highest BCUT2D eigenvalue weighted by Crippen LogP contribution is 2.27. The smallest absolute Gasteiger partial charge is 0.283 e. The maximum Gasteiger partial charge on any atom is 0.283 e. The van der Waals surface area contributed by atoms with Gasteiger partial charge in [-0.05, 0) is 81.7 Å². The van der Waals surface area contributed by atoms with Crippen molar-refractivity contribution < 1.29 is 22.7 Å². The molecule has 1 saturated heterocycles. The van der Waals surface area contributed by atoms with E-state index in [9.17, 15) is 18.0 Å². The number of unbranched alkanes of at least 4 members (excludes halogenated alkanes) is 3. The molecule has 3 aromatic rings. The van der Waals surface area contributed by atoms with E-state index < -0.39 is 21.8 Å². The first-order valence-electron chi connectivity index (χ1n) is 13.8. The number of hydrogen-bond donors (Lipinski definition) is 4. The summed E-state index contributed by atoms with van der Waals surface area (Å²) in [6.45, 7) is 2.64. The van der Waals surface area contributed by atoms with Crippen LogP contribution in [0.25, 0.3) is 0 Å². The Hall–Kier alpha value is -3.16. The molecular formula is C28H34Cl2N6O5S. The highest BCUT2D eigenvalue weighted by Gasteiger charge is 2.28. The lowest BCUT2D eigenvalue weighted by atomic mass is 10.1. The summed E-state index contributed by atoms with van der Waals surface area (Å²) in [5.41, 5.74) is 5.12. The molecule has 11 nitrogen and oxygen atoms in total. The van der Waals surface area contributed by atoms with Crippen molar-refractivity contribution in [2.45, 2.75) is 49.5 Å². The van der Waals surface area contributed by atoms with Gasteiger partial charge < -0.3 is 26.4 Å². The van der Waals surface area contributed by atoms with Crippen LogP contribution in [0, 0.1) is 0 Å². The highest BCUT2D eigenvalue weighted by molar-refractivity contribution is 7.89. The lowest BCUT2D eigenvalue weighted by molar-refractivity contribution is 0.0925. The van der Waals surface area contributed by atoms with Gasteiger partial charge in [0, 0.05) is 6.04 Å². The van der Waals surface area contributed by atoms with Gasteiger partial charge in [-0.25, -0.2) is 0 Å². The second-order valence-electron chi connectivity index (χ2n) is 9.84. The zero-order valence-corrected chi connectivity index (χ0v) is 25.3. The molecule has 0 bridgehead atoms. The van der Waals surface area contributed by atoms with Crippen molar-refractivity contribution in [3.8, 4) is 5.75 Å². The van der Waals surface area contributed by atoms with Crippen molar-refractivity contribution in [2.24, 2.45) is 5.73 Å². The molecule has 2 aromatic carbocycles. The molecule has 0 radical (unpaired) electrons. The van der Waals surface area contributed by atoms with Gasteiger partial charge in [0.2, 0.25) is 0 Å². The molecule has 1 aliphatic heterocycles. The minimum atomic E-state index is -4.23. The van der Waals surface area contributed by atoms with Crippen LogP contribution in [0.1, 0.15) is 59.4 Å². The molecule has 1 aromatic heterocycles. The van der Waals surface area contributed by atoms with Gasteiger partial charge in [-0.3, -0.25) is 9.59 Å². The van der Waals surface area contributed by atoms with E-state index >= 15 is 0 Å². The van der Waals surface area contributed by atoms with Crippen molar-refractivity contribution in [1.82, 2.24) is 19.8 Å². The average molecular weight is 638 g/mol. The maximum absolute atomic E-state index is 13.5. The Morgan fingerprint density at radius 3 is 2.33 bits per heavy atom. The molecule has 4 rings (SSSR count). The third kappa shape index (κ3) is 8.01. The van der Waals surface area contributed by atoms with Crippen LogP contribution in [0.4, 0.5) is 5.69 Å². The minimum absolute atomic E-state index is 0.0175. The Balaban J connectivity index is 1.56. The number of rotatable bonds is 13. The quantitative estimate of drug-likeness (QED) is 0.205. The van der Waals surface area contributed by atoms with Gasteiger partial charge in [-0.1, -0.05) is 42.1 Å². The standard InChI is InChI=1S/C28H34Cl2N6O5S/c29-22-6-5-7-23(30)25(22)27(37)34-24-18-36(35-26(24)28(38)33-19-12-15-32-16-13-19)42(39,40)21-10-8-20(9-11-21)41-17-4-2-1-3-14-31/h5-11,18-19,32H,1-4,12-17,31H2,(H,33,38)(H,34,37). The number of halogens is 2. The van der Waals surface area contributed by atoms with Crippen LogP contribution in [0.15, 0.2) is 53.6 Å². The zero-order valence-electron chi connectivity index (χ0n) is 22.9. The molecule has 42 heavy (non-hydrogen) atoms. The third-order valence-corrected chi connectivity index (χ3v) is 8.93. The largest absolute Gasteiger partial charge is 0.494 e. The van der Waals surface area contributed by atoms with E-state index in [4.69, 9.17) is 33.7 Å². The SMILES string of the molecule is NCCCCCCOc1ccc(S(=O)(=O)n2cc(NC(=O)c3c(Cl)cccc3Cl)c(C(=O)NC3CCNCC3)n2)cc1. The molecule has 0 aliphatic carbocycles. The topological polar surface area (TPSA) is 157 Å². The van der Waals surface area contributed by atoms with Gasteiger partial charge in [-0.15, -0.1) is 0 Å². The number of benzene rings is 2. The molecule has 2 amide bonds. The molecule has 5 N–H and O–H groups in total. The molecular weight excluding hydrogens is 603 g/mol. The number of aromatic nitrogens is 2. The summed E-state index contributed by atoms with van der Waals surface area (Å²) in [5, 5.41) is 13.0. The Morgan fingerprint density at radius 1 is 1.00 bits per heavy atom. The van der Waals surface area contributed by atoms with Crippen LogP contribution in [0.2, 0.25) is 10.0 Å². The van der Waals surface area contributed by atoms with E-state index in [0.29, 0.717) is 35.8 Å². The van der Waals surface area contributed by atoms with Crippen molar-refractivity contribution in [2.75, 3.05) is 31.6 Å². The summed E-state index contributed by atoms with van der Waals surface area (Å²) in [7, 11) is -4.23. The minimum Gasteiger partial charge on any atom is -0.494 e.